The summed E-state index contributed by atoms with van der Waals surface area (Å²) in [5, 5.41) is 3.81. The molecule has 3 rings (SSSR count). The molecule has 0 heterocycles. The molecule has 0 saturated carbocycles. The van der Waals surface area contributed by atoms with Crippen molar-refractivity contribution in [3.05, 3.63) is 95.6 Å². The molecule has 0 unspecified atom stereocenters. The minimum Gasteiger partial charge on any atom is -0.312 e. The van der Waals surface area contributed by atoms with Crippen molar-refractivity contribution in [1.29, 1.82) is 0 Å². The lowest BCUT2D eigenvalue weighted by atomic mass is 10.1. The number of oxime groups is 1. The van der Waals surface area contributed by atoms with Crippen LogP contribution in [0.1, 0.15) is 39.6 Å². The van der Waals surface area contributed by atoms with E-state index in [9.17, 15) is 9.59 Å². The summed E-state index contributed by atoms with van der Waals surface area (Å²) in [7, 11) is 0. The molecular weight excluding hydrogens is 382 g/mol. The van der Waals surface area contributed by atoms with Gasteiger partial charge in [0.25, 0.3) is 0 Å². The molecule has 146 valence electrons. The van der Waals surface area contributed by atoms with E-state index in [1.807, 2.05) is 18.2 Å². The van der Waals surface area contributed by atoms with Crippen LogP contribution < -0.4 is 0 Å². The molecule has 0 radical (unpaired) electrons. The molecule has 3 aromatic rings. The van der Waals surface area contributed by atoms with Gasteiger partial charge in [0.1, 0.15) is 5.71 Å². The average molecular weight is 404 g/mol. The van der Waals surface area contributed by atoms with Gasteiger partial charge in [-0.05, 0) is 61.9 Å². The predicted octanol–water partition coefficient (Wildman–Crippen LogP) is 5.95. The Labute approximate surface area is 174 Å². The smallest absolute Gasteiger partial charge is 0.312 e. The van der Waals surface area contributed by atoms with Gasteiger partial charge in [-0.1, -0.05) is 59.7 Å². The Hall–Kier alpha value is -3.18. The van der Waals surface area contributed by atoms with Crippen molar-refractivity contribution in [2.24, 2.45) is 5.16 Å². The summed E-state index contributed by atoms with van der Waals surface area (Å²) in [5.41, 5.74) is 2.31. The van der Waals surface area contributed by atoms with Crippen LogP contribution in [0.2, 0.25) is 0 Å². The molecule has 0 aliphatic heterocycles. The number of rotatable bonds is 7. The molecule has 3 aromatic carbocycles. The second-order valence-electron chi connectivity index (χ2n) is 6.40. The van der Waals surface area contributed by atoms with Crippen LogP contribution in [0.5, 0.6) is 0 Å². The van der Waals surface area contributed by atoms with Crippen molar-refractivity contribution in [3.63, 3.8) is 0 Å². The Morgan fingerprint density at radius 2 is 1.41 bits per heavy atom. The largest absolute Gasteiger partial charge is 0.365 e. The average Bonchev–Trinajstić information content (AvgIpc) is 2.76. The molecule has 0 saturated heterocycles. The third-order valence-electron chi connectivity index (χ3n) is 4.22. The van der Waals surface area contributed by atoms with Gasteiger partial charge in [0.05, 0.1) is 5.56 Å². The van der Waals surface area contributed by atoms with E-state index >= 15 is 0 Å². The molecule has 0 aliphatic carbocycles. The lowest BCUT2D eigenvalue weighted by molar-refractivity contribution is 0.0515. The monoisotopic (exact) mass is 403 g/mol. The summed E-state index contributed by atoms with van der Waals surface area (Å²) in [5.74, 6) is -0.838. The van der Waals surface area contributed by atoms with Gasteiger partial charge in [-0.15, -0.1) is 0 Å². The molecule has 0 N–H and O–H groups in total. The highest BCUT2D eigenvalue weighted by atomic mass is 32.2. The molecule has 0 amide bonds. The van der Waals surface area contributed by atoms with Gasteiger partial charge < -0.3 is 4.84 Å². The predicted molar refractivity (Wildman–Crippen MR) is 116 cm³/mol. The van der Waals surface area contributed by atoms with Gasteiger partial charge in [0, 0.05) is 15.4 Å². The zero-order valence-corrected chi connectivity index (χ0v) is 17.1. The van der Waals surface area contributed by atoms with E-state index < -0.39 is 5.97 Å². The summed E-state index contributed by atoms with van der Waals surface area (Å²) in [4.78, 5) is 31.9. The van der Waals surface area contributed by atoms with Crippen LogP contribution in [0.15, 0.2) is 93.8 Å². The van der Waals surface area contributed by atoms with E-state index in [1.165, 1.54) is 5.56 Å². The molecule has 0 spiro atoms. The Balaban J connectivity index is 1.67. The first-order valence-electron chi connectivity index (χ1n) is 9.29. The maximum absolute atomic E-state index is 12.7. The van der Waals surface area contributed by atoms with Crippen LogP contribution in [0, 0.1) is 6.92 Å². The molecule has 5 heteroatoms. The quantitative estimate of drug-likeness (QED) is 0.212. The number of benzene rings is 3. The van der Waals surface area contributed by atoms with Crippen LogP contribution in [0.25, 0.3) is 0 Å². The highest BCUT2D eigenvalue weighted by Gasteiger charge is 2.15. The van der Waals surface area contributed by atoms with Gasteiger partial charge in [-0.3, -0.25) is 4.79 Å². The highest BCUT2D eigenvalue weighted by Crippen LogP contribution is 2.28. The van der Waals surface area contributed by atoms with Crippen LogP contribution in [0.4, 0.5) is 0 Å². The zero-order valence-electron chi connectivity index (χ0n) is 16.3. The lowest BCUT2D eigenvalue weighted by Gasteiger charge is -2.06. The number of aryl methyl sites for hydroxylation is 1. The van der Waals surface area contributed by atoms with Gasteiger partial charge in [-0.25, -0.2) is 4.79 Å². The highest BCUT2D eigenvalue weighted by molar-refractivity contribution is 7.99. The number of hydrogen-bond acceptors (Lipinski definition) is 5. The topological polar surface area (TPSA) is 55.7 Å². The fourth-order valence-electron chi connectivity index (χ4n) is 2.57. The van der Waals surface area contributed by atoms with Gasteiger partial charge in [0.15, 0.2) is 0 Å². The summed E-state index contributed by atoms with van der Waals surface area (Å²) >= 11 is 1.63. The minimum atomic E-state index is -0.589. The number of ketones is 1. The van der Waals surface area contributed by atoms with E-state index in [4.69, 9.17) is 4.84 Å². The molecule has 0 aromatic heterocycles. The number of carbonyl (C=O) groups is 2. The van der Waals surface area contributed by atoms with Crippen LogP contribution >= 0.6 is 11.8 Å². The van der Waals surface area contributed by atoms with Crippen molar-refractivity contribution in [3.8, 4) is 0 Å². The molecule has 29 heavy (non-hydrogen) atoms. The first-order chi connectivity index (χ1) is 14.1. The zero-order chi connectivity index (χ0) is 20.6. The molecule has 0 aliphatic rings. The Kier molecular flexibility index (Phi) is 6.98. The van der Waals surface area contributed by atoms with Crippen molar-refractivity contribution in [1.82, 2.24) is 0 Å². The SMILES string of the molecule is CCC(=NOC(=O)c1ccccc1)C(=O)c1ccc(Sc2ccc(C)cc2)cc1. The van der Waals surface area contributed by atoms with Crippen LogP contribution in [-0.2, 0) is 4.84 Å². The lowest BCUT2D eigenvalue weighted by Crippen LogP contribution is -2.15. The summed E-state index contributed by atoms with van der Waals surface area (Å²) in [6.45, 7) is 3.85. The maximum atomic E-state index is 12.7. The van der Waals surface area contributed by atoms with E-state index in [0.717, 1.165) is 9.79 Å². The van der Waals surface area contributed by atoms with Crippen molar-refractivity contribution < 1.29 is 14.4 Å². The third kappa shape index (κ3) is 5.65. The van der Waals surface area contributed by atoms with E-state index in [2.05, 4.69) is 36.3 Å². The number of nitrogens with zero attached hydrogens (tertiary/aromatic N) is 1. The number of hydrogen-bond donors (Lipinski definition) is 0. The van der Waals surface area contributed by atoms with Gasteiger partial charge >= 0.3 is 5.97 Å². The Morgan fingerprint density at radius 1 is 0.828 bits per heavy atom. The maximum Gasteiger partial charge on any atom is 0.365 e. The van der Waals surface area contributed by atoms with Crippen LogP contribution in [-0.4, -0.2) is 17.5 Å². The third-order valence-corrected chi connectivity index (χ3v) is 5.23. The molecule has 4 nitrogen and oxygen atoms in total. The molecular formula is C24H21NO3S. The second kappa shape index (κ2) is 9.85. The Morgan fingerprint density at radius 3 is 2.00 bits per heavy atom. The molecule has 0 bridgehead atoms. The summed E-state index contributed by atoms with van der Waals surface area (Å²) in [6, 6.07) is 24.2. The second-order valence-corrected chi connectivity index (χ2v) is 7.55. The van der Waals surface area contributed by atoms with Gasteiger partial charge in [0.2, 0.25) is 5.78 Å². The number of Topliss-reactive ketones (excluding diaryl/α,β-unsaturated/α-hetero) is 1. The summed E-state index contributed by atoms with van der Waals surface area (Å²) < 4.78 is 0. The summed E-state index contributed by atoms with van der Waals surface area (Å²) in [6.07, 6.45) is 0.362. The molecule has 0 atom stereocenters. The van der Waals surface area contributed by atoms with E-state index in [-0.39, 0.29) is 11.5 Å². The first kappa shape index (κ1) is 20.6. The first-order valence-corrected chi connectivity index (χ1v) is 10.1. The van der Waals surface area contributed by atoms with Crippen molar-refractivity contribution >= 4 is 29.2 Å². The number of carbonyl (C=O) groups excluding carboxylic acids is 2. The Bertz CT molecular complexity index is 1010. The van der Waals surface area contributed by atoms with Crippen molar-refractivity contribution in [2.45, 2.75) is 30.1 Å². The van der Waals surface area contributed by atoms with Gasteiger partial charge in [-0.2, -0.15) is 0 Å². The fourth-order valence-corrected chi connectivity index (χ4v) is 3.39. The van der Waals surface area contributed by atoms with Crippen molar-refractivity contribution in [2.75, 3.05) is 0 Å². The van der Waals surface area contributed by atoms with Crippen LogP contribution in [0.3, 0.4) is 0 Å². The molecule has 0 fully saturated rings. The minimum absolute atomic E-state index is 0.202. The standard InChI is InChI=1S/C24H21NO3S/c1-3-22(25-28-24(27)19-7-5-4-6-8-19)23(26)18-11-15-21(16-12-18)29-20-13-9-17(2)10-14-20/h4-16H,3H2,1-2H3. The fraction of sp³-hybridized carbons (Fsp3) is 0.125. The van der Waals surface area contributed by atoms with E-state index in [1.54, 1.807) is 55.1 Å². The van der Waals surface area contributed by atoms with E-state index in [0.29, 0.717) is 17.5 Å². The normalized spacial score (nSPS) is 11.2.